The molecule has 1 saturated carbocycles. The summed E-state index contributed by atoms with van der Waals surface area (Å²) in [6.07, 6.45) is 3.08. The second kappa shape index (κ2) is 5.34. The van der Waals surface area contributed by atoms with Gasteiger partial charge in [-0.1, -0.05) is 43.5 Å². The number of ether oxygens (including phenoxy) is 1. The van der Waals surface area contributed by atoms with E-state index in [9.17, 15) is 4.79 Å². The lowest BCUT2D eigenvalue weighted by Gasteiger charge is -2.26. The maximum atomic E-state index is 12.7. The number of hydrogen-bond acceptors (Lipinski definition) is 2. The highest BCUT2D eigenvalue weighted by atomic mass is 35.5. The Labute approximate surface area is 124 Å². The van der Waals surface area contributed by atoms with Crippen molar-refractivity contribution < 1.29 is 9.53 Å². The van der Waals surface area contributed by atoms with Crippen molar-refractivity contribution in [2.24, 2.45) is 11.3 Å². The number of carbonyl (C=O) groups excluding carboxylic acids is 1. The summed E-state index contributed by atoms with van der Waals surface area (Å²) in [4.78, 5) is 12.7. The third-order valence-corrected chi connectivity index (χ3v) is 4.69. The van der Waals surface area contributed by atoms with Gasteiger partial charge in [0.05, 0.1) is 17.2 Å². The van der Waals surface area contributed by atoms with Crippen molar-refractivity contribution in [1.82, 2.24) is 0 Å². The third kappa shape index (κ3) is 2.75. The van der Waals surface area contributed by atoms with E-state index in [2.05, 4.69) is 13.8 Å². The van der Waals surface area contributed by atoms with Crippen LogP contribution < -0.4 is 4.74 Å². The normalized spacial score (nSPS) is 21.4. The van der Waals surface area contributed by atoms with Crippen LogP contribution >= 0.6 is 23.2 Å². The average Bonchev–Trinajstić information content (AvgIpc) is 2.70. The quantitative estimate of drug-likeness (QED) is 0.733. The Morgan fingerprint density at radius 3 is 2.53 bits per heavy atom. The van der Waals surface area contributed by atoms with E-state index in [0.29, 0.717) is 21.4 Å². The van der Waals surface area contributed by atoms with Crippen LogP contribution in [0.4, 0.5) is 0 Å². The van der Waals surface area contributed by atoms with Gasteiger partial charge in [0.1, 0.15) is 5.75 Å². The monoisotopic (exact) mass is 300 g/mol. The van der Waals surface area contributed by atoms with Crippen LogP contribution in [0, 0.1) is 11.3 Å². The molecular weight excluding hydrogens is 283 g/mol. The molecule has 4 heteroatoms. The summed E-state index contributed by atoms with van der Waals surface area (Å²) in [6.45, 7) is 4.28. The van der Waals surface area contributed by atoms with E-state index in [-0.39, 0.29) is 17.1 Å². The van der Waals surface area contributed by atoms with Crippen LogP contribution in [0.1, 0.15) is 43.5 Å². The largest absolute Gasteiger partial charge is 0.495 e. The first-order chi connectivity index (χ1) is 8.86. The van der Waals surface area contributed by atoms with Gasteiger partial charge < -0.3 is 4.74 Å². The van der Waals surface area contributed by atoms with Crippen molar-refractivity contribution in [3.8, 4) is 5.75 Å². The first-order valence-corrected chi connectivity index (χ1v) is 7.19. The van der Waals surface area contributed by atoms with Gasteiger partial charge in [-0.25, -0.2) is 0 Å². The first-order valence-electron chi connectivity index (χ1n) is 6.44. The highest BCUT2D eigenvalue weighted by Gasteiger charge is 2.40. The van der Waals surface area contributed by atoms with Crippen molar-refractivity contribution >= 4 is 29.0 Å². The zero-order chi connectivity index (χ0) is 14.2. The van der Waals surface area contributed by atoms with Gasteiger partial charge in [0, 0.05) is 17.5 Å². The summed E-state index contributed by atoms with van der Waals surface area (Å²) in [5.41, 5.74) is 0.541. The molecule has 19 heavy (non-hydrogen) atoms. The Morgan fingerprint density at radius 1 is 1.32 bits per heavy atom. The zero-order valence-corrected chi connectivity index (χ0v) is 12.9. The van der Waals surface area contributed by atoms with Crippen molar-refractivity contribution in [2.75, 3.05) is 7.11 Å². The van der Waals surface area contributed by atoms with E-state index in [1.165, 1.54) is 7.11 Å². The predicted octanol–water partition coefficient (Wildman–Crippen LogP) is 5.01. The number of halogens is 2. The highest BCUT2D eigenvalue weighted by molar-refractivity contribution is 6.37. The standard InChI is InChI=1S/C15H18Cl2O2/c1-15(2)6-4-5-10(15)14(18)9-7-12(17)13(19-3)8-11(9)16/h7-8,10H,4-6H2,1-3H3. The van der Waals surface area contributed by atoms with Gasteiger partial charge in [-0.2, -0.15) is 0 Å². The minimum atomic E-state index is 0.0226. The van der Waals surface area contributed by atoms with Crippen molar-refractivity contribution in [1.29, 1.82) is 0 Å². The number of ketones is 1. The molecule has 1 atom stereocenters. The first kappa shape index (κ1) is 14.7. The van der Waals surface area contributed by atoms with Crippen LogP contribution in [-0.2, 0) is 0 Å². The minimum absolute atomic E-state index is 0.0226. The highest BCUT2D eigenvalue weighted by Crippen LogP contribution is 2.45. The van der Waals surface area contributed by atoms with Crippen molar-refractivity contribution in [3.63, 3.8) is 0 Å². The molecule has 104 valence electrons. The van der Waals surface area contributed by atoms with Gasteiger partial charge in [0.25, 0.3) is 0 Å². The van der Waals surface area contributed by atoms with Gasteiger partial charge in [0.15, 0.2) is 5.78 Å². The molecule has 2 nitrogen and oxygen atoms in total. The topological polar surface area (TPSA) is 26.3 Å². The number of benzene rings is 1. The van der Waals surface area contributed by atoms with E-state index in [4.69, 9.17) is 27.9 Å². The second-order valence-corrected chi connectivity index (χ2v) is 6.58. The minimum Gasteiger partial charge on any atom is -0.495 e. The number of hydrogen-bond donors (Lipinski definition) is 0. The molecule has 0 aromatic heterocycles. The SMILES string of the molecule is COc1cc(Cl)c(C(=O)C2CCCC2(C)C)cc1Cl. The lowest BCUT2D eigenvalue weighted by molar-refractivity contribution is 0.0839. The molecule has 1 aliphatic carbocycles. The Bertz CT molecular complexity index is 509. The lowest BCUT2D eigenvalue weighted by atomic mass is 9.78. The summed E-state index contributed by atoms with van der Waals surface area (Å²) in [5, 5.41) is 0.833. The number of carbonyl (C=O) groups is 1. The molecule has 0 saturated heterocycles. The molecule has 0 bridgehead atoms. The summed E-state index contributed by atoms with van der Waals surface area (Å²) >= 11 is 12.3. The van der Waals surface area contributed by atoms with Crippen molar-refractivity contribution in [3.05, 3.63) is 27.7 Å². The van der Waals surface area contributed by atoms with Gasteiger partial charge in [-0.15, -0.1) is 0 Å². The fourth-order valence-corrected chi connectivity index (χ4v) is 3.36. The Hall–Kier alpha value is -0.730. The van der Waals surface area contributed by atoms with E-state index in [1.807, 2.05) is 0 Å². The number of Topliss-reactive ketones (excluding diaryl/α,β-unsaturated/α-hetero) is 1. The zero-order valence-electron chi connectivity index (χ0n) is 11.4. The third-order valence-electron chi connectivity index (χ3n) is 4.08. The van der Waals surface area contributed by atoms with Crippen molar-refractivity contribution in [2.45, 2.75) is 33.1 Å². The van der Waals surface area contributed by atoms with E-state index in [0.717, 1.165) is 19.3 Å². The fourth-order valence-electron chi connectivity index (χ4n) is 2.87. The molecular formula is C15H18Cl2O2. The molecule has 1 aliphatic rings. The molecule has 0 N–H and O–H groups in total. The van der Waals surface area contributed by atoms with E-state index in [1.54, 1.807) is 12.1 Å². The Balaban J connectivity index is 2.37. The lowest BCUT2D eigenvalue weighted by Crippen LogP contribution is -2.26. The van der Waals surface area contributed by atoms with Gasteiger partial charge in [-0.3, -0.25) is 4.79 Å². The van der Waals surface area contributed by atoms with Crippen LogP contribution in [0.25, 0.3) is 0 Å². The Kier molecular flexibility index (Phi) is 4.12. The van der Waals surface area contributed by atoms with Crippen LogP contribution in [0.2, 0.25) is 10.0 Å². The molecule has 1 fully saturated rings. The summed E-state index contributed by atoms with van der Waals surface area (Å²) in [6, 6.07) is 3.23. The number of rotatable bonds is 3. The fraction of sp³-hybridized carbons (Fsp3) is 0.533. The smallest absolute Gasteiger partial charge is 0.168 e. The second-order valence-electron chi connectivity index (χ2n) is 5.76. The maximum Gasteiger partial charge on any atom is 0.168 e. The molecule has 0 spiro atoms. The average molecular weight is 301 g/mol. The molecule has 0 aliphatic heterocycles. The van der Waals surface area contributed by atoms with E-state index >= 15 is 0 Å². The molecule has 1 aromatic carbocycles. The molecule has 2 rings (SSSR count). The van der Waals surface area contributed by atoms with Crippen LogP contribution in [0.3, 0.4) is 0 Å². The number of methoxy groups -OCH3 is 1. The maximum absolute atomic E-state index is 12.7. The molecule has 1 unspecified atom stereocenters. The van der Waals surface area contributed by atoms with Crippen LogP contribution in [0.15, 0.2) is 12.1 Å². The molecule has 0 radical (unpaired) electrons. The van der Waals surface area contributed by atoms with Crippen LogP contribution in [0.5, 0.6) is 5.75 Å². The molecule has 0 heterocycles. The van der Waals surface area contributed by atoms with Crippen LogP contribution in [-0.4, -0.2) is 12.9 Å². The van der Waals surface area contributed by atoms with E-state index < -0.39 is 0 Å². The Morgan fingerprint density at radius 2 is 2.00 bits per heavy atom. The molecule has 0 amide bonds. The summed E-state index contributed by atoms with van der Waals surface area (Å²) in [7, 11) is 1.53. The van der Waals surface area contributed by atoms with Gasteiger partial charge in [0.2, 0.25) is 0 Å². The summed E-state index contributed by atoms with van der Waals surface area (Å²) < 4.78 is 5.10. The molecule has 1 aromatic rings. The predicted molar refractivity (Wildman–Crippen MR) is 78.5 cm³/mol. The van der Waals surface area contributed by atoms with Gasteiger partial charge >= 0.3 is 0 Å². The van der Waals surface area contributed by atoms with Gasteiger partial charge in [-0.05, 0) is 24.3 Å². The summed E-state index contributed by atoms with van der Waals surface area (Å²) in [5.74, 6) is 0.611.